The molecule has 0 amide bonds. The van der Waals surface area contributed by atoms with Crippen molar-refractivity contribution >= 4 is 17.3 Å². The lowest BCUT2D eigenvalue weighted by Crippen LogP contribution is -2.55. The van der Waals surface area contributed by atoms with Crippen LogP contribution in [0.1, 0.15) is 58.8 Å². The Morgan fingerprint density at radius 3 is 2.55 bits per heavy atom. The van der Waals surface area contributed by atoms with Gasteiger partial charge in [0, 0.05) is 30.6 Å². The van der Waals surface area contributed by atoms with Crippen LogP contribution in [0.3, 0.4) is 0 Å². The summed E-state index contributed by atoms with van der Waals surface area (Å²) < 4.78 is 0. The van der Waals surface area contributed by atoms with Crippen molar-refractivity contribution in [3.8, 4) is 0 Å². The topological polar surface area (TPSA) is 51.2 Å². The van der Waals surface area contributed by atoms with Gasteiger partial charge in [-0.15, -0.1) is 0 Å². The van der Waals surface area contributed by atoms with Crippen molar-refractivity contribution in [2.75, 3.05) is 0 Å². The lowest BCUT2D eigenvalue weighted by Gasteiger charge is -2.55. The fourth-order valence-corrected chi connectivity index (χ4v) is 6.16. The zero-order chi connectivity index (χ0) is 15.7. The second kappa shape index (κ2) is 4.39. The van der Waals surface area contributed by atoms with Crippen LogP contribution in [0.2, 0.25) is 0 Å². The molecule has 0 aromatic rings. The first-order chi connectivity index (χ1) is 10.4. The zero-order valence-electron chi connectivity index (χ0n) is 13.5. The number of allylic oxidation sites excluding steroid dienone is 1. The van der Waals surface area contributed by atoms with E-state index < -0.39 is 5.41 Å². The van der Waals surface area contributed by atoms with Crippen LogP contribution >= 0.6 is 0 Å². The number of rotatable bonds is 0. The van der Waals surface area contributed by atoms with Gasteiger partial charge < -0.3 is 0 Å². The maximum atomic E-state index is 13.0. The van der Waals surface area contributed by atoms with Gasteiger partial charge in [-0.1, -0.05) is 19.4 Å². The monoisotopic (exact) mass is 300 g/mol. The van der Waals surface area contributed by atoms with E-state index in [0.717, 1.165) is 25.7 Å². The molecule has 0 radical (unpaired) electrons. The molecule has 0 saturated heterocycles. The molecule has 3 heteroatoms. The van der Waals surface area contributed by atoms with Gasteiger partial charge in [-0.25, -0.2) is 0 Å². The molecule has 4 aliphatic rings. The molecule has 0 N–H and O–H groups in total. The highest BCUT2D eigenvalue weighted by atomic mass is 16.1. The second-order valence-electron chi connectivity index (χ2n) is 8.36. The summed E-state index contributed by atoms with van der Waals surface area (Å²) >= 11 is 0. The quantitative estimate of drug-likeness (QED) is 0.690. The number of carbonyl (C=O) groups is 3. The molecule has 4 rings (SSSR count). The molecule has 5 atom stereocenters. The highest BCUT2D eigenvalue weighted by molar-refractivity contribution is 5.96. The molecule has 0 aliphatic heterocycles. The van der Waals surface area contributed by atoms with Gasteiger partial charge in [-0.3, -0.25) is 14.4 Å². The van der Waals surface area contributed by atoms with E-state index in [4.69, 9.17) is 0 Å². The zero-order valence-corrected chi connectivity index (χ0v) is 13.5. The maximum absolute atomic E-state index is 13.0. The third-order valence-electron chi connectivity index (χ3n) is 7.36. The summed E-state index contributed by atoms with van der Waals surface area (Å²) in [6.07, 6.45) is 7.12. The summed E-state index contributed by atoms with van der Waals surface area (Å²) in [5, 5.41) is 0. The van der Waals surface area contributed by atoms with E-state index in [9.17, 15) is 14.4 Å². The minimum Gasteiger partial charge on any atom is -0.299 e. The molecule has 0 aromatic heterocycles. The van der Waals surface area contributed by atoms with Crippen LogP contribution in [-0.2, 0) is 14.4 Å². The molecule has 4 aliphatic carbocycles. The van der Waals surface area contributed by atoms with Crippen LogP contribution in [0, 0.1) is 28.6 Å². The van der Waals surface area contributed by atoms with Crippen molar-refractivity contribution < 1.29 is 14.4 Å². The van der Waals surface area contributed by atoms with Crippen molar-refractivity contribution in [3.05, 3.63) is 11.6 Å². The maximum Gasteiger partial charge on any atom is 0.155 e. The van der Waals surface area contributed by atoms with Gasteiger partial charge in [0.25, 0.3) is 0 Å². The first kappa shape index (κ1) is 14.3. The van der Waals surface area contributed by atoms with Crippen molar-refractivity contribution in [3.63, 3.8) is 0 Å². The molecule has 22 heavy (non-hydrogen) atoms. The van der Waals surface area contributed by atoms with Crippen LogP contribution in [0.25, 0.3) is 0 Å². The van der Waals surface area contributed by atoms with Gasteiger partial charge in [0.1, 0.15) is 11.6 Å². The number of fused-ring (bicyclic) bond motifs is 5. The minimum atomic E-state index is -0.402. The standard InChI is InChI=1S/C19H24O3/c1-18-8-7-12(20)9-11(18)3-4-13-14-5-6-16(22)19(14,2)10-15(21)17(13)18/h9,13-14,17H,3-8,10H2,1-2H3/t13-,14-,17+,18-,19-/m1/s1. The highest BCUT2D eigenvalue weighted by Crippen LogP contribution is 2.63. The molecule has 0 spiro atoms. The Kier molecular flexibility index (Phi) is 2.87. The summed E-state index contributed by atoms with van der Waals surface area (Å²) in [5.74, 6) is 1.54. The lowest BCUT2D eigenvalue weighted by atomic mass is 9.47. The first-order valence-corrected chi connectivity index (χ1v) is 8.66. The predicted octanol–water partition coefficient (Wildman–Crippen LogP) is 3.27. The Balaban J connectivity index is 1.77. The van der Waals surface area contributed by atoms with Crippen LogP contribution in [-0.4, -0.2) is 17.3 Å². The van der Waals surface area contributed by atoms with E-state index in [1.807, 2.05) is 13.0 Å². The molecule has 3 nitrogen and oxygen atoms in total. The number of ketones is 3. The van der Waals surface area contributed by atoms with E-state index in [0.29, 0.717) is 36.9 Å². The number of hydrogen-bond donors (Lipinski definition) is 0. The number of carbonyl (C=O) groups excluding carboxylic acids is 3. The fourth-order valence-electron chi connectivity index (χ4n) is 6.16. The molecular weight excluding hydrogens is 276 g/mol. The summed E-state index contributed by atoms with van der Waals surface area (Å²) in [6, 6.07) is 0. The Hall–Kier alpha value is -1.25. The SMILES string of the molecule is C[C@@]12CC(=O)[C@@H]3[C@H](CCC4=CC(=O)CC[C@]43C)[C@H]1CCC2=O. The van der Waals surface area contributed by atoms with Gasteiger partial charge in [0.15, 0.2) is 5.78 Å². The Bertz CT molecular complexity index is 616. The first-order valence-electron chi connectivity index (χ1n) is 8.66. The van der Waals surface area contributed by atoms with Gasteiger partial charge in [0.05, 0.1) is 0 Å². The predicted molar refractivity (Wildman–Crippen MR) is 82.1 cm³/mol. The third kappa shape index (κ3) is 1.65. The van der Waals surface area contributed by atoms with Gasteiger partial charge in [0.2, 0.25) is 0 Å². The highest BCUT2D eigenvalue weighted by Gasteiger charge is 2.62. The van der Waals surface area contributed by atoms with Crippen molar-refractivity contribution in [1.82, 2.24) is 0 Å². The Morgan fingerprint density at radius 1 is 1.00 bits per heavy atom. The van der Waals surface area contributed by atoms with E-state index >= 15 is 0 Å². The molecule has 0 aromatic carbocycles. The molecule has 0 bridgehead atoms. The van der Waals surface area contributed by atoms with E-state index in [2.05, 4.69) is 6.92 Å². The average molecular weight is 300 g/mol. The smallest absolute Gasteiger partial charge is 0.155 e. The van der Waals surface area contributed by atoms with E-state index in [-0.39, 0.29) is 22.9 Å². The summed E-state index contributed by atoms with van der Waals surface area (Å²) in [4.78, 5) is 37.1. The van der Waals surface area contributed by atoms with Gasteiger partial charge >= 0.3 is 0 Å². The Morgan fingerprint density at radius 2 is 1.77 bits per heavy atom. The summed E-state index contributed by atoms with van der Waals surface area (Å²) in [7, 11) is 0. The van der Waals surface area contributed by atoms with Gasteiger partial charge in [-0.05, 0) is 49.0 Å². The van der Waals surface area contributed by atoms with Crippen molar-refractivity contribution in [1.29, 1.82) is 0 Å². The molecule has 118 valence electrons. The molecule has 3 fully saturated rings. The normalized spacial score (nSPS) is 47.6. The lowest BCUT2D eigenvalue weighted by molar-refractivity contribution is -0.149. The third-order valence-corrected chi connectivity index (χ3v) is 7.36. The molecule has 0 heterocycles. The van der Waals surface area contributed by atoms with Crippen LogP contribution in [0.15, 0.2) is 11.6 Å². The van der Waals surface area contributed by atoms with Crippen LogP contribution < -0.4 is 0 Å². The average Bonchev–Trinajstić information content (AvgIpc) is 2.75. The van der Waals surface area contributed by atoms with Gasteiger partial charge in [-0.2, -0.15) is 0 Å². The number of hydrogen-bond acceptors (Lipinski definition) is 3. The van der Waals surface area contributed by atoms with Crippen LogP contribution in [0.5, 0.6) is 0 Å². The number of Topliss-reactive ketones (excluding diaryl/α,β-unsaturated/α-hetero) is 2. The summed E-state index contributed by atoms with van der Waals surface area (Å²) in [6.45, 7) is 4.22. The molecule has 3 saturated carbocycles. The van der Waals surface area contributed by atoms with E-state index in [1.165, 1.54) is 5.57 Å². The van der Waals surface area contributed by atoms with Crippen molar-refractivity contribution in [2.24, 2.45) is 28.6 Å². The fraction of sp³-hybridized carbons (Fsp3) is 0.737. The largest absolute Gasteiger partial charge is 0.299 e. The van der Waals surface area contributed by atoms with E-state index in [1.54, 1.807) is 0 Å². The van der Waals surface area contributed by atoms with Crippen molar-refractivity contribution in [2.45, 2.75) is 58.8 Å². The van der Waals surface area contributed by atoms with Crippen LogP contribution in [0.4, 0.5) is 0 Å². The minimum absolute atomic E-state index is 0.0320. The summed E-state index contributed by atoms with van der Waals surface area (Å²) in [5.41, 5.74) is 0.660. The molecule has 0 unspecified atom stereocenters. The second-order valence-corrected chi connectivity index (χ2v) is 8.36. The Labute approximate surface area is 131 Å². The molecular formula is C19H24O3.